The van der Waals surface area contributed by atoms with Gasteiger partial charge in [0.2, 0.25) is 5.91 Å². The van der Waals surface area contributed by atoms with Crippen molar-refractivity contribution in [1.82, 2.24) is 25.5 Å². The predicted molar refractivity (Wildman–Crippen MR) is 106 cm³/mol. The van der Waals surface area contributed by atoms with Crippen molar-refractivity contribution >= 4 is 40.7 Å². The second-order valence-electron chi connectivity index (χ2n) is 6.09. The molecule has 0 saturated carbocycles. The fourth-order valence-corrected chi connectivity index (χ4v) is 2.86. The molecule has 0 saturated heterocycles. The van der Waals surface area contributed by atoms with Gasteiger partial charge in [-0.3, -0.25) is 9.59 Å². The van der Waals surface area contributed by atoms with Crippen LogP contribution in [0.3, 0.4) is 0 Å². The Morgan fingerprint density at radius 2 is 1.97 bits per heavy atom. The number of tetrazole rings is 1. The van der Waals surface area contributed by atoms with Crippen LogP contribution in [0.4, 0.5) is 10.1 Å². The molecule has 0 bridgehead atoms. The SMILES string of the molecule is Cc1nnnn1-c1ccc(F)c(NC(=O)C(C)NC(=O)c2cccc(Cl)c2Cl)c1. The largest absolute Gasteiger partial charge is 0.340 e. The van der Waals surface area contributed by atoms with Gasteiger partial charge in [-0.2, -0.15) is 4.68 Å². The molecule has 11 heteroatoms. The van der Waals surface area contributed by atoms with Crippen LogP contribution in [0.2, 0.25) is 10.0 Å². The third-order valence-corrected chi connectivity index (χ3v) is 4.83. The van der Waals surface area contributed by atoms with Crippen molar-refractivity contribution in [3.05, 3.63) is 63.6 Å². The molecule has 0 radical (unpaired) electrons. The number of nitrogens with zero attached hydrogens (tertiary/aromatic N) is 4. The molecular formula is C18H15Cl2FN6O2. The molecule has 0 aliphatic heterocycles. The van der Waals surface area contributed by atoms with Crippen molar-refractivity contribution < 1.29 is 14.0 Å². The number of halogens is 3. The van der Waals surface area contributed by atoms with E-state index in [-0.39, 0.29) is 21.3 Å². The van der Waals surface area contributed by atoms with Crippen LogP contribution in [0.25, 0.3) is 5.69 Å². The molecule has 29 heavy (non-hydrogen) atoms. The lowest BCUT2D eigenvalue weighted by Crippen LogP contribution is -2.41. The molecule has 2 aromatic carbocycles. The van der Waals surface area contributed by atoms with E-state index in [4.69, 9.17) is 23.2 Å². The van der Waals surface area contributed by atoms with E-state index in [1.54, 1.807) is 19.1 Å². The number of benzene rings is 2. The number of carbonyl (C=O) groups excluding carboxylic acids is 2. The fourth-order valence-electron chi connectivity index (χ4n) is 2.47. The number of carbonyl (C=O) groups is 2. The minimum absolute atomic E-state index is 0.0785. The summed E-state index contributed by atoms with van der Waals surface area (Å²) in [6.45, 7) is 3.14. The van der Waals surface area contributed by atoms with Crippen LogP contribution in [0.15, 0.2) is 36.4 Å². The Balaban J connectivity index is 1.73. The minimum Gasteiger partial charge on any atom is -0.340 e. The molecule has 0 fully saturated rings. The van der Waals surface area contributed by atoms with Crippen molar-refractivity contribution in [2.45, 2.75) is 19.9 Å². The second kappa shape index (κ2) is 8.54. The predicted octanol–water partition coefficient (Wildman–Crippen LogP) is 3.17. The zero-order valence-electron chi connectivity index (χ0n) is 15.3. The van der Waals surface area contributed by atoms with Crippen molar-refractivity contribution in [2.75, 3.05) is 5.32 Å². The van der Waals surface area contributed by atoms with Gasteiger partial charge < -0.3 is 10.6 Å². The lowest BCUT2D eigenvalue weighted by atomic mass is 10.2. The number of amides is 2. The normalized spacial score (nSPS) is 11.8. The van der Waals surface area contributed by atoms with Crippen LogP contribution in [-0.4, -0.2) is 38.1 Å². The molecule has 8 nitrogen and oxygen atoms in total. The molecule has 0 spiro atoms. The standard InChI is InChI=1S/C18H15Cl2FN6O2/c1-9(22-18(29)12-4-3-5-13(19)16(12)20)17(28)23-15-8-11(6-7-14(15)21)27-10(2)24-25-26-27/h3-9H,1-2H3,(H,22,29)(H,23,28). The molecule has 2 amide bonds. The Morgan fingerprint density at radius 1 is 1.21 bits per heavy atom. The number of aryl methyl sites for hydroxylation is 1. The Morgan fingerprint density at radius 3 is 2.66 bits per heavy atom. The van der Waals surface area contributed by atoms with Gasteiger partial charge in [0.15, 0.2) is 5.82 Å². The highest BCUT2D eigenvalue weighted by Gasteiger charge is 2.20. The average Bonchev–Trinajstić information content (AvgIpc) is 3.11. The van der Waals surface area contributed by atoms with E-state index in [1.165, 1.54) is 35.9 Å². The second-order valence-corrected chi connectivity index (χ2v) is 6.87. The van der Waals surface area contributed by atoms with Gasteiger partial charge in [-0.15, -0.1) is 5.10 Å². The summed E-state index contributed by atoms with van der Waals surface area (Å²) >= 11 is 11.9. The third kappa shape index (κ3) is 4.52. The van der Waals surface area contributed by atoms with E-state index in [0.717, 1.165) is 0 Å². The summed E-state index contributed by atoms with van der Waals surface area (Å²) in [5.41, 5.74) is 0.511. The topological polar surface area (TPSA) is 102 Å². The number of rotatable bonds is 5. The first kappa shape index (κ1) is 20.7. The maximum Gasteiger partial charge on any atom is 0.253 e. The van der Waals surface area contributed by atoms with E-state index in [0.29, 0.717) is 11.5 Å². The number of aromatic nitrogens is 4. The minimum atomic E-state index is -0.977. The molecule has 0 aliphatic rings. The molecular weight excluding hydrogens is 422 g/mol. The van der Waals surface area contributed by atoms with E-state index in [1.807, 2.05) is 0 Å². The molecule has 0 aliphatic carbocycles. The van der Waals surface area contributed by atoms with Crippen molar-refractivity contribution in [3.63, 3.8) is 0 Å². The molecule has 1 atom stereocenters. The quantitative estimate of drug-likeness (QED) is 0.639. The van der Waals surface area contributed by atoms with Crippen molar-refractivity contribution in [3.8, 4) is 5.69 Å². The first-order valence-electron chi connectivity index (χ1n) is 8.38. The van der Waals surface area contributed by atoms with Crippen LogP contribution in [0, 0.1) is 12.7 Å². The molecule has 3 rings (SSSR count). The Labute approximate surface area is 175 Å². The number of hydrogen-bond donors (Lipinski definition) is 2. The fraction of sp³-hybridized carbons (Fsp3) is 0.167. The summed E-state index contributed by atoms with van der Waals surface area (Å²) in [4.78, 5) is 24.8. The summed E-state index contributed by atoms with van der Waals surface area (Å²) in [5, 5.41) is 16.3. The lowest BCUT2D eigenvalue weighted by molar-refractivity contribution is -0.117. The van der Waals surface area contributed by atoms with Gasteiger partial charge in [0.1, 0.15) is 11.9 Å². The molecule has 2 N–H and O–H groups in total. The summed E-state index contributed by atoms with van der Waals surface area (Å²) in [7, 11) is 0. The first-order valence-corrected chi connectivity index (χ1v) is 9.14. The average molecular weight is 437 g/mol. The van der Waals surface area contributed by atoms with Crippen LogP contribution in [0.5, 0.6) is 0 Å². The third-order valence-electron chi connectivity index (χ3n) is 4.01. The highest BCUT2D eigenvalue weighted by Crippen LogP contribution is 2.25. The molecule has 1 unspecified atom stereocenters. The number of nitrogens with one attached hydrogen (secondary N) is 2. The number of hydrogen-bond acceptors (Lipinski definition) is 5. The van der Waals surface area contributed by atoms with E-state index < -0.39 is 23.7 Å². The van der Waals surface area contributed by atoms with Crippen molar-refractivity contribution in [2.24, 2.45) is 0 Å². The Kier molecular flexibility index (Phi) is 6.09. The van der Waals surface area contributed by atoms with E-state index in [2.05, 4.69) is 26.2 Å². The molecule has 3 aromatic rings. The van der Waals surface area contributed by atoms with Crippen molar-refractivity contribution in [1.29, 1.82) is 0 Å². The van der Waals surface area contributed by atoms with Gasteiger partial charge in [0.05, 0.1) is 27.0 Å². The van der Waals surface area contributed by atoms with Gasteiger partial charge in [-0.1, -0.05) is 29.3 Å². The zero-order chi connectivity index (χ0) is 21.1. The Hall–Kier alpha value is -3.04. The summed E-state index contributed by atoms with van der Waals surface area (Å²) in [5.74, 6) is -1.36. The van der Waals surface area contributed by atoms with Gasteiger partial charge in [0.25, 0.3) is 5.91 Å². The molecule has 150 valence electrons. The van der Waals surface area contributed by atoms with Crippen LogP contribution < -0.4 is 10.6 Å². The number of anilines is 1. The summed E-state index contributed by atoms with van der Waals surface area (Å²) in [6, 6.07) is 7.65. The van der Waals surface area contributed by atoms with Crippen LogP contribution in [0.1, 0.15) is 23.1 Å². The van der Waals surface area contributed by atoms with E-state index in [9.17, 15) is 14.0 Å². The summed E-state index contributed by atoms with van der Waals surface area (Å²) in [6.07, 6.45) is 0. The first-order chi connectivity index (χ1) is 13.8. The lowest BCUT2D eigenvalue weighted by Gasteiger charge is -2.16. The van der Waals surface area contributed by atoms with Gasteiger partial charge in [0, 0.05) is 0 Å². The Bertz CT molecular complexity index is 1090. The van der Waals surface area contributed by atoms with Crippen LogP contribution in [-0.2, 0) is 4.79 Å². The molecule has 1 aromatic heterocycles. The highest BCUT2D eigenvalue weighted by molar-refractivity contribution is 6.43. The molecule has 1 heterocycles. The maximum absolute atomic E-state index is 14.2. The van der Waals surface area contributed by atoms with Gasteiger partial charge in [-0.25, -0.2) is 4.39 Å². The summed E-state index contributed by atoms with van der Waals surface area (Å²) < 4.78 is 15.6. The van der Waals surface area contributed by atoms with Gasteiger partial charge >= 0.3 is 0 Å². The van der Waals surface area contributed by atoms with Crippen LogP contribution >= 0.6 is 23.2 Å². The maximum atomic E-state index is 14.2. The zero-order valence-corrected chi connectivity index (χ0v) is 16.8. The smallest absolute Gasteiger partial charge is 0.253 e. The van der Waals surface area contributed by atoms with E-state index >= 15 is 0 Å². The highest BCUT2D eigenvalue weighted by atomic mass is 35.5. The van der Waals surface area contributed by atoms with Gasteiger partial charge in [-0.05, 0) is 54.6 Å². The monoisotopic (exact) mass is 436 g/mol.